The molecule has 0 amide bonds. The van der Waals surface area contributed by atoms with Gasteiger partial charge in [0, 0.05) is 23.2 Å². The van der Waals surface area contributed by atoms with Gasteiger partial charge < -0.3 is 16.0 Å². The van der Waals surface area contributed by atoms with E-state index in [0.29, 0.717) is 6.04 Å². The van der Waals surface area contributed by atoms with Crippen LogP contribution in [0.15, 0.2) is 52.3 Å². The van der Waals surface area contributed by atoms with Crippen molar-refractivity contribution in [3.8, 4) is 0 Å². The second-order valence-electron chi connectivity index (χ2n) is 8.70. The predicted molar refractivity (Wildman–Crippen MR) is 128 cm³/mol. The molecule has 2 atom stereocenters. The molecule has 4 rings (SSSR count). The molecule has 168 valence electrons. The van der Waals surface area contributed by atoms with E-state index in [1.54, 1.807) is 18.2 Å². The molecule has 0 radical (unpaired) electrons. The third kappa shape index (κ3) is 5.26. The lowest BCUT2D eigenvalue weighted by atomic mass is 9.85. The van der Waals surface area contributed by atoms with Gasteiger partial charge in [0.2, 0.25) is 10.0 Å². The number of hydrogen-bond donors (Lipinski definition) is 3. The van der Waals surface area contributed by atoms with Crippen molar-refractivity contribution < 1.29 is 8.42 Å². The predicted octanol–water partition coefficient (Wildman–Crippen LogP) is 4.27. The first-order chi connectivity index (χ1) is 14.8. The molecule has 8 heteroatoms. The molecule has 2 aromatic rings. The van der Waals surface area contributed by atoms with Crippen LogP contribution >= 0.6 is 11.8 Å². The molecule has 1 unspecified atom stereocenters. The van der Waals surface area contributed by atoms with Gasteiger partial charge in [0.1, 0.15) is 5.50 Å². The smallest absolute Gasteiger partial charge is 0.238 e. The summed E-state index contributed by atoms with van der Waals surface area (Å²) < 4.78 is 23.5. The molecule has 1 fully saturated rings. The number of benzene rings is 2. The fourth-order valence-electron chi connectivity index (χ4n) is 4.74. The van der Waals surface area contributed by atoms with E-state index in [4.69, 9.17) is 10.9 Å². The zero-order valence-electron chi connectivity index (χ0n) is 18.0. The summed E-state index contributed by atoms with van der Waals surface area (Å²) in [6.07, 6.45) is 8.08. The van der Waals surface area contributed by atoms with E-state index in [1.807, 2.05) is 12.1 Å². The minimum absolute atomic E-state index is 0.110. The Balaban J connectivity index is 1.51. The number of sulfonamides is 1. The van der Waals surface area contributed by atoms with Gasteiger partial charge in [0.15, 0.2) is 0 Å². The highest BCUT2D eigenvalue weighted by atomic mass is 32.2. The standard InChI is InChI=1S/C23H32N4O2S2/c1-16(13-17-7-3-2-4-8-17)26-15-18-9-5-6-10-20(18)27-21-12-11-19(31(25,28)29)14-22(21)30-23(27)24/h5-6,9-12,14,16-17,23,26H,2-4,7-8,13,15,24H2,1H3,(H2,25,28,29)/t16-,23?/m0/s1. The molecule has 0 spiro atoms. The van der Waals surface area contributed by atoms with Crippen molar-refractivity contribution in [3.05, 3.63) is 48.0 Å². The van der Waals surface area contributed by atoms with Gasteiger partial charge >= 0.3 is 0 Å². The monoisotopic (exact) mass is 460 g/mol. The maximum atomic E-state index is 11.7. The third-order valence-electron chi connectivity index (χ3n) is 6.33. The molecule has 31 heavy (non-hydrogen) atoms. The first kappa shape index (κ1) is 22.6. The van der Waals surface area contributed by atoms with Crippen molar-refractivity contribution in [3.63, 3.8) is 0 Å². The number of thioether (sulfide) groups is 1. The molecule has 2 aromatic carbocycles. The van der Waals surface area contributed by atoms with E-state index in [1.165, 1.54) is 55.9 Å². The highest BCUT2D eigenvalue weighted by Gasteiger charge is 2.31. The minimum Gasteiger partial charge on any atom is -0.315 e. The number of nitrogens with two attached hydrogens (primary N) is 2. The van der Waals surface area contributed by atoms with Gasteiger partial charge in [-0.25, -0.2) is 13.6 Å². The molecule has 1 saturated carbocycles. The van der Waals surface area contributed by atoms with Crippen molar-refractivity contribution in [1.29, 1.82) is 0 Å². The number of hydrogen-bond acceptors (Lipinski definition) is 6. The average molecular weight is 461 g/mol. The SMILES string of the molecule is C[C@@H](CC1CCCCC1)NCc1ccccc1N1c2ccc(S(N)(=O)=O)cc2SC1N. The lowest BCUT2D eigenvalue weighted by molar-refractivity contribution is 0.304. The fraction of sp³-hybridized carbons (Fsp3) is 0.478. The van der Waals surface area contributed by atoms with Gasteiger partial charge in [-0.1, -0.05) is 62.1 Å². The number of para-hydroxylation sites is 1. The Labute approximate surface area is 189 Å². The van der Waals surface area contributed by atoms with Gasteiger partial charge in [-0.3, -0.25) is 0 Å². The number of primary sulfonamides is 1. The molecule has 1 aliphatic heterocycles. The molecule has 1 aliphatic carbocycles. The summed E-state index contributed by atoms with van der Waals surface area (Å²) >= 11 is 1.44. The van der Waals surface area contributed by atoms with E-state index in [-0.39, 0.29) is 10.4 Å². The van der Waals surface area contributed by atoms with Crippen molar-refractivity contribution in [2.24, 2.45) is 16.8 Å². The zero-order valence-corrected chi connectivity index (χ0v) is 19.6. The number of rotatable bonds is 7. The Morgan fingerprint density at radius 1 is 1.13 bits per heavy atom. The second kappa shape index (κ2) is 9.50. The Hall–Kier alpha value is -1.58. The molecule has 1 heterocycles. The van der Waals surface area contributed by atoms with E-state index in [0.717, 1.165) is 28.7 Å². The Morgan fingerprint density at radius 3 is 2.61 bits per heavy atom. The lowest BCUT2D eigenvalue weighted by Crippen LogP contribution is -2.34. The van der Waals surface area contributed by atoms with Crippen LogP contribution in [0.3, 0.4) is 0 Å². The molecule has 6 nitrogen and oxygen atoms in total. The molecule has 0 saturated heterocycles. The van der Waals surface area contributed by atoms with Crippen LogP contribution in [-0.4, -0.2) is 20.0 Å². The van der Waals surface area contributed by atoms with E-state index >= 15 is 0 Å². The highest BCUT2D eigenvalue weighted by Crippen LogP contribution is 2.47. The average Bonchev–Trinajstić information content (AvgIpc) is 3.07. The fourth-order valence-corrected chi connectivity index (χ4v) is 6.43. The van der Waals surface area contributed by atoms with Crippen molar-refractivity contribution in [2.75, 3.05) is 4.90 Å². The maximum absolute atomic E-state index is 11.7. The van der Waals surface area contributed by atoms with E-state index < -0.39 is 10.0 Å². The normalized spacial score (nSPS) is 20.6. The molecule has 0 bridgehead atoms. The molecular formula is C23H32N4O2S2. The summed E-state index contributed by atoms with van der Waals surface area (Å²) in [5.41, 5.74) is 9.26. The van der Waals surface area contributed by atoms with Crippen LogP contribution < -0.4 is 21.1 Å². The van der Waals surface area contributed by atoms with Gasteiger partial charge in [-0.05, 0) is 49.1 Å². The summed E-state index contributed by atoms with van der Waals surface area (Å²) in [5, 5.41) is 9.01. The van der Waals surface area contributed by atoms with Crippen molar-refractivity contribution in [2.45, 2.75) is 73.3 Å². The Bertz CT molecular complexity index is 1020. The molecule has 2 aliphatic rings. The first-order valence-corrected chi connectivity index (χ1v) is 13.4. The van der Waals surface area contributed by atoms with Crippen LogP contribution in [0.2, 0.25) is 0 Å². The van der Waals surface area contributed by atoms with Gasteiger partial charge in [0.05, 0.1) is 10.6 Å². The molecule has 5 N–H and O–H groups in total. The largest absolute Gasteiger partial charge is 0.315 e. The quantitative estimate of drug-likeness (QED) is 0.570. The highest BCUT2D eigenvalue weighted by molar-refractivity contribution is 8.00. The van der Waals surface area contributed by atoms with Crippen LogP contribution in [0, 0.1) is 5.92 Å². The second-order valence-corrected chi connectivity index (χ2v) is 11.4. The Kier molecular flexibility index (Phi) is 6.93. The first-order valence-electron chi connectivity index (χ1n) is 11.0. The number of nitrogens with zero attached hydrogens (tertiary/aromatic N) is 1. The maximum Gasteiger partial charge on any atom is 0.238 e. The summed E-state index contributed by atoms with van der Waals surface area (Å²) in [4.78, 5) is 3.02. The molecular weight excluding hydrogens is 428 g/mol. The van der Waals surface area contributed by atoms with Crippen LogP contribution in [0.4, 0.5) is 11.4 Å². The van der Waals surface area contributed by atoms with Gasteiger partial charge in [0.25, 0.3) is 0 Å². The summed E-state index contributed by atoms with van der Waals surface area (Å²) in [6.45, 7) is 3.04. The van der Waals surface area contributed by atoms with Crippen LogP contribution in [-0.2, 0) is 16.6 Å². The topological polar surface area (TPSA) is 101 Å². The van der Waals surface area contributed by atoms with E-state index in [9.17, 15) is 8.42 Å². The van der Waals surface area contributed by atoms with E-state index in [2.05, 4.69) is 29.3 Å². The van der Waals surface area contributed by atoms with Crippen LogP contribution in [0.25, 0.3) is 0 Å². The number of anilines is 2. The number of fused-ring (bicyclic) bond motifs is 1. The third-order valence-corrected chi connectivity index (χ3v) is 8.27. The number of nitrogens with one attached hydrogen (secondary N) is 1. The molecule has 0 aromatic heterocycles. The summed E-state index contributed by atoms with van der Waals surface area (Å²) in [7, 11) is -3.75. The van der Waals surface area contributed by atoms with Gasteiger partial charge in [-0.2, -0.15) is 0 Å². The van der Waals surface area contributed by atoms with Crippen LogP contribution in [0.1, 0.15) is 51.0 Å². The summed E-state index contributed by atoms with van der Waals surface area (Å²) in [6, 6.07) is 13.7. The van der Waals surface area contributed by atoms with Crippen LogP contribution in [0.5, 0.6) is 0 Å². The Morgan fingerprint density at radius 2 is 1.87 bits per heavy atom. The van der Waals surface area contributed by atoms with Crippen molar-refractivity contribution >= 4 is 33.2 Å². The lowest BCUT2D eigenvalue weighted by Gasteiger charge is -2.28. The van der Waals surface area contributed by atoms with Gasteiger partial charge in [-0.15, -0.1) is 0 Å². The minimum atomic E-state index is -3.75. The van der Waals surface area contributed by atoms with Crippen molar-refractivity contribution in [1.82, 2.24) is 5.32 Å². The zero-order chi connectivity index (χ0) is 22.0. The summed E-state index contributed by atoms with van der Waals surface area (Å²) in [5.74, 6) is 0.842.